The van der Waals surface area contributed by atoms with Crippen molar-refractivity contribution in [1.82, 2.24) is 19.5 Å². The van der Waals surface area contributed by atoms with E-state index in [1.165, 1.54) is 17.2 Å². The molecule has 2 aromatic heterocycles. The molecule has 19 heavy (non-hydrogen) atoms. The van der Waals surface area contributed by atoms with Gasteiger partial charge in [-0.05, 0) is 0 Å². The number of rotatable bonds is 2. The quantitative estimate of drug-likeness (QED) is 0.528. The molecule has 0 radical (unpaired) electrons. The van der Waals surface area contributed by atoms with Gasteiger partial charge < -0.3 is 25.0 Å². The Kier molecular flexibility index (Phi) is 3.07. The number of ether oxygens (including phenoxy) is 1. The molecule has 3 rings (SSSR count). The third-order valence-corrected chi connectivity index (χ3v) is 3.47. The van der Waals surface area contributed by atoms with E-state index in [4.69, 9.17) is 22.1 Å². The summed E-state index contributed by atoms with van der Waals surface area (Å²) in [5.74, 6) is 0. The molecule has 4 N–H and O–H groups in total. The van der Waals surface area contributed by atoms with Crippen molar-refractivity contribution in [2.45, 2.75) is 24.5 Å². The van der Waals surface area contributed by atoms with Gasteiger partial charge in [0.15, 0.2) is 10.9 Å². The molecule has 1 aliphatic heterocycles. The third kappa shape index (κ3) is 1.86. The van der Waals surface area contributed by atoms with Crippen LogP contribution in [0.4, 0.5) is 0 Å². The van der Waals surface area contributed by atoms with Crippen LogP contribution in [0.15, 0.2) is 12.7 Å². The first-order valence-electron chi connectivity index (χ1n) is 5.66. The number of hydrogen-bond acceptors (Lipinski definition) is 7. The van der Waals surface area contributed by atoms with Gasteiger partial charge in [-0.2, -0.15) is 0 Å². The Morgan fingerprint density at radius 2 is 2.16 bits per heavy atom. The summed E-state index contributed by atoms with van der Waals surface area (Å²) in [6.45, 7) is -0.376. The van der Waals surface area contributed by atoms with E-state index >= 15 is 0 Å². The highest BCUT2D eigenvalue weighted by Gasteiger charge is 2.43. The van der Waals surface area contributed by atoms with Gasteiger partial charge in [0.2, 0.25) is 0 Å². The molecule has 4 atom stereocenters. The standard InChI is InChI=1S/C10H12N4O4S/c15-1-4-6(16)7(17)10(18-4)14-3-13-5-8(14)11-2-12-9(5)19/h2-4,6-7,10,15-17H,1H2,(H,11,12,19)/t4-,6-,7+,10+/m1/s1. The minimum atomic E-state index is -1.16. The summed E-state index contributed by atoms with van der Waals surface area (Å²) in [5.41, 5.74) is 1.02. The zero-order chi connectivity index (χ0) is 13.6. The van der Waals surface area contributed by atoms with Crippen molar-refractivity contribution >= 4 is 23.4 Å². The van der Waals surface area contributed by atoms with E-state index in [1.54, 1.807) is 0 Å². The first kappa shape index (κ1) is 12.6. The van der Waals surface area contributed by atoms with Crippen molar-refractivity contribution < 1.29 is 20.1 Å². The predicted octanol–water partition coefficient (Wildman–Crippen LogP) is -0.900. The monoisotopic (exact) mass is 284 g/mol. The van der Waals surface area contributed by atoms with Gasteiger partial charge in [-0.1, -0.05) is 12.2 Å². The maximum atomic E-state index is 9.97. The molecule has 1 saturated heterocycles. The zero-order valence-corrected chi connectivity index (χ0v) is 10.5. The number of aliphatic hydroxyl groups excluding tert-OH is 3. The molecule has 1 aliphatic rings. The molecule has 0 bridgehead atoms. The van der Waals surface area contributed by atoms with Crippen molar-refractivity contribution in [1.29, 1.82) is 0 Å². The van der Waals surface area contributed by atoms with Crippen molar-refractivity contribution in [3.05, 3.63) is 17.3 Å². The number of aliphatic hydroxyl groups is 3. The zero-order valence-electron chi connectivity index (χ0n) is 9.67. The second-order valence-electron chi connectivity index (χ2n) is 4.29. The van der Waals surface area contributed by atoms with E-state index in [2.05, 4.69) is 15.0 Å². The number of H-pyrrole nitrogens is 1. The smallest absolute Gasteiger partial charge is 0.165 e. The van der Waals surface area contributed by atoms with E-state index in [0.29, 0.717) is 15.8 Å². The van der Waals surface area contributed by atoms with Gasteiger partial charge in [0.1, 0.15) is 29.5 Å². The third-order valence-electron chi connectivity index (χ3n) is 3.17. The number of aromatic amines is 1. The molecule has 2 aromatic rings. The van der Waals surface area contributed by atoms with E-state index in [9.17, 15) is 10.2 Å². The maximum Gasteiger partial charge on any atom is 0.165 e. The molecule has 3 heterocycles. The molecule has 0 aromatic carbocycles. The molecule has 9 heteroatoms. The lowest BCUT2D eigenvalue weighted by Crippen LogP contribution is -2.33. The van der Waals surface area contributed by atoms with E-state index < -0.39 is 24.5 Å². The summed E-state index contributed by atoms with van der Waals surface area (Å²) < 4.78 is 7.28. The van der Waals surface area contributed by atoms with Gasteiger partial charge in [-0.3, -0.25) is 4.57 Å². The molecular formula is C10H12N4O4S. The van der Waals surface area contributed by atoms with Crippen LogP contribution in [-0.4, -0.2) is 59.8 Å². The maximum absolute atomic E-state index is 9.97. The summed E-state index contributed by atoms with van der Waals surface area (Å²) in [4.78, 5) is 10.9. The Labute approximate surface area is 112 Å². The van der Waals surface area contributed by atoms with Gasteiger partial charge in [0.05, 0.1) is 19.3 Å². The first-order valence-corrected chi connectivity index (χ1v) is 6.07. The SMILES string of the molecule is OC[C@H]1O[C@H](n2cnc3c(=S)nc[nH]c32)[C@@H](O)[C@@H]1O. The number of imidazole rings is 1. The van der Waals surface area contributed by atoms with Gasteiger partial charge >= 0.3 is 0 Å². The summed E-state index contributed by atoms with van der Waals surface area (Å²) in [5, 5.41) is 28.8. The lowest BCUT2D eigenvalue weighted by atomic mass is 10.1. The van der Waals surface area contributed by atoms with Gasteiger partial charge in [-0.15, -0.1) is 0 Å². The van der Waals surface area contributed by atoms with Crippen molar-refractivity contribution in [2.24, 2.45) is 0 Å². The average Bonchev–Trinajstić information content (AvgIpc) is 2.94. The Bertz CT molecular complexity index is 656. The molecule has 0 saturated carbocycles. The van der Waals surface area contributed by atoms with Crippen LogP contribution in [0, 0.1) is 4.64 Å². The van der Waals surface area contributed by atoms with Crippen LogP contribution in [0.5, 0.6) is 0 Å². The number of nitrogens with one attached hydrogen (secondary N) is 1. The molecular weight excluding hydrogens is 272 g/mol. The second kappa shape index (κ2) is 4.62. The van der Waals surface area contributed by atoms with E-state index in [-0.39, 0.29) is 6.61 Å². The minimum Gasteiger partial charge on any atom is -0.394 e. The van der Waals surface area contributed by atoms with Crippen LogP contribution >= 0.6 is 12.2 Å². The molecule has 0 spiro atoms. The van der Waals surface area contributed by atoms with Crippen molar-refractivity contribution in [2.75, 3.05) is 6.61 Å². The van der Waals surface area contributed by atoms with E-state index in [0.717, 1.165) is 0 Å². The van der Waals surface area contributed by atoms with Crippen LogP contribution in [0.2, 0.25) is 0 Å². The molecule has 0 aliphatic carbocycles. The van der Waals surface area contributed by atoms with Gasteiger partial charge in [0.25, 0.3) is 0 Å². The van der Waals surface area contributed by atoms with E-state index in [1.807, 2.05) is 0 Å². The summed E-state index contributed by atoms with van der Waals surface area (Å²) >= 11 is 5.04. The Morgan fingerprint density at radius 1 is 1.37 bits per heavy atom. The lowest BCUT2D eigenvalue weighted by molar-refractivity contribution is -0.0511. The van der Waals surface area contributed by atoms with Gasteiger partial charge in [-0.25, -0.2) is 9.97 Å². The fourth-order valence-electron chi connectivity index (χ4n) is 2.18. The highest BCUT2D eigenvalue weighted by atomic mass is 32.1. The van der Waals surface area contributed by atoms with Crippen molar-refractivity contribution in [3.63, 3.8) is 0 Å². The molecule has 8 nitrogen and oxygen atoms in total. The average molecular weight is 284 g/mol. The van der Waals surface area contributed by atoms with Crippen LogP contribution < -0.4 is 0 Å². The normalized spacial score (nSPS) is 31.1. The van der Waals surface area contributed by atoms with Crippen molar-refractivity contribution in [3.8, 4) is 0 Å². The largest absolute Gasteiger partial charge is 0.394 e. The Morgan fingerprint density at radius 3 is 2.84 bits per heavy atom. The van der Waals surface area contributed by atoms with Crippen LogP contribution in [0.3, 0.4) is 0 Å². The number of aromatic nitrogens is 4. The summed E-state index contributed by atoms with van der Waals surface area (Å²) in [7, 11) is 0. The fourth-order valence-corrected chi connectivity index (χ4v) is 2.38. The molecule has 102 valence electrons. The summed E-state index contributed by atoms with van der Waals surface area (Å²) in [6.07, 6.45) is -1.13. The van der Waals surface area contributed by atoms with Crippen LogP contribution in [0.1, 0.15) is 6.23 Å². The molecule has 0 amide bonds. The first-order chi connectivity index (χ1) is 9.13. The Balaban J connectivity index is 2.06. The van der Waals surface area contributed by atoms with Crippen LogP contribution in [0.25, 0.3) is 11.2 Å². The predicted molar refractivity (Wildman–Crippen MR) is 65.7 cm³/mol. The highest BCUT2D eigenvalue weighted by molar-refractivity contribution is 7.71. The highest BCUT2D eigenvalue weighted by Crippen LogP contribution is 2.30. The number of nitrogens with zero attached hydrogens (tertiary/aromatic N) is 3. The Hall–Kier alpha value is -1.39. The fraction of sp³-hybridized carbons (Fsp3) is 0.500. The summed E-state index contributed by atoms with van der Waals surface area (Å²) in [6, 6.07) is 0. The molecule has 0 unspecified atom stereocenters. The topological polar surface area (TPSA) is 116 Å². The minimum absolute atomic E-state index is 0.333. The number of hydrogen-bond donors (Lipinski definition) is 4. The molecule has 1 fully saturated rings. The van der Waals surface area contributed by atoms with Gasteiger partial charge in [0, 0.05) is 0 Å². The number of fused-ring (bicyclic) bond motifs is 1. The lowest BCUT2D eigenvalue weighted by Gasteiger charge is -2.16. The second-order valence-corrected chi connectivity index (χ2v) is 4.67. The van der Waals surface area contributed by atoms with Crippen LogP contribution in [-0.2, 0) is 4.74 Å².